The van der Waals surface area contributed by atoms with Gasteiger partial charge in [-0.1, -0.05) is 30.5 Å². The quantitative estimate of drug-likeness (QED) is 0.899. The van der Waals surface area contributed by atoms with Gasteiger partial charge in [0.05, 0.1) is 18.2 Å². The van der Waals surface area contributed by atoms with Crippen LogP contribution in [-0.2, 0) is 6.42 Å². The van der Waals surface area contributed by atoms with E-state index in [4.69, 9.17) is 16.3 Å². The molecule has 3 heteroatoms. The molecule has 2 nitrogen and oxygen atoms in total. The van der Waals surface area contributed by atoms with Crippen molar-refractivity contribution in [3.63, 3.8) is 0 Å². The summed E-state index contributed by atoms with van der Waals surface area (Å²) in [6.45, 7) is 0. The molecule has 1 saturated carbocycles. The van der Waals surface area contributed by atoms with Crippen molar-refractivity contribution in [1.82, 2.24) is 0 Å². The molecular formula is C15H21ClO2. The van der Waals surface area contributed by atoms with E-state index in [1.165, 1.54) is 18.4 Å². The molecule has 0 bridgehead atoms. The first-order chi connectivity index (χ1) is 8.70. The van der Waals surface area contributed by atoms with E-state index >= 15 is 0 Å². The molecule has 0 spiro atoms. The lowest BCUT2D eigenvalue weighted by Crippen LogP contribution is -2.24. The Morgan fingerprint density at radius 1 is 1.33 bits per heavy atom. The highest BCUT2D eigenvalue weighted by Crippen LogP contribution is 2.30. The summed E-state index contributed by atoms with van der Waals surface area (Å²) in [7, 11) is 1.62. The Kier molecular flexibility index (Phi) is 4.90. The number of rotatable bonds is 4. The van der Waals surface area contributed by atoms with Crippen molar-refractivity contribution < 1.29 is 9.84 Å². The van der Waals surface area contributed by atoms with E-state index in [0.29, 0.717) is 10.9 Å². The number of halogens is 1. The third kappa shape index (κ3) is 3.39. The summed E-state index contributed by atoms with van der Waals surface area (Å²) in [5.41, 5.74) is 1.22. The Balaban J connectivity index is 1.91. The first-order valence-electron chi connectivity index (χ1n) is 6.71. The summed E-state index contributed by atoms with van der Waals surface area (Å²) < 4.78 is 5.14. The fraction of sp³-hybridized carbons (Fsp3) is 0.600. The van der Waals surface area contributed by atoms with E-state index < -0.39 is 0 Å². The van der Waals surface area contributed by atoms with Gasteiger partial charge >= 0.3 is 0 Å². The fourth-order valence-electron chi connectivity index (χ4n) is 2.74. The molecule has 100 valence electrons. The molecule has 2 unspecified atom stereocenters. The van der Waals surface area contributed by atoms with E-state index in [1.807, 2.05) is 12.1 Å². The van der Waals surface area contributed by atoms with Crippen molar-refractivity contribution in [2.45, 2.75) is 44.6 Å². The van der Waals surface area contributed by atoms with Gasteiger partial charge in [0.2, 0.25) is 0 Å². The lowest BCUT2D eigenvalue weighted by atomic mass is 9.83. The predicted molar refractivity (Wildman–Crippen MR) is 74.3 cm³/mol. The van der Waals surface area contributed by atoms with Gasteiger partial charge in [0, 0.05) is 0 Å². The number of aryl methyl sites for hydroxylation is 1. The molecule has 18 heavy (non-hydrogen) atoms. The van der Waals surface area contributed by atoms with Crippen LogP contribution in [0.25, 0.3) is 0 Å². The Morgan fingerprint density at radius 3 is 2.78 bits per heavy atom. The van der Waals surface area contributed by atoms with Gasteiger partial charge < -0.3 is 9.84 Å². The normalized spacial score (nSPS) is 23.9. The second-order valence-electron chi connectivity index (χ2n) is 5.12. The number of hydrogen-bond acceptors (Lipinski definition) is 2. The number of methoxy groups -OCH3 is 1. The molecule has 0 heterocycles. The second-order valence-corrected chi connectivity index (χ2v) is 5.53. The summed E-state index contributed by atoms with van der Waals surface area (Å²) in [5, 5.41) is 10.6. The average molecular weight is 269 g/mol. The smallest absolute Gasteiger partial charge is 0.137 e. The van der Waals surface area contributed by atoms with Crippen LogP contribution in [0.1, 0.15) is 37.7 Å². The van der Waals surface area contributed by atoms with Gasteiger partial charge in [-0.05, 0) is 49.3 Å². The van der Waals surface area contributed by atoms with Gasteiger partial charge in [0.15, 0.2) is 0 Å². The maximum absolute atomic E-state index is 9.94. The first-order valence-corrected chi connectivity index (χ1v) is 7.09. The van der Waals surface area contributed by atoms with Crippen molar-refractivity contribution in [2.24, 2.45) is 5.92 Å². The van der Waals surface area contributed by atoms with E-state index in [-0.39, 0.29) is 6.10 Å². The van der Waals surface area contributed by atoms with Crippen LogP contribution in [0, 0.1) is 5.92 Å². The van der Waals surface area contributed by atoms with Crippen molar-refractivity contribution in [2.75, 3.05) is 7.11 Å². The molecule has 0 radical (unpaired) electrons. The van der Waals surface area contributed by atoms with Crippen molar-refractivity contribution in [3.8, 4) is 5.75 Å². The highest BCUT2D eigenvalue weighted by Gasteiger charge is 2.22. The summed E-state index contributed by atoms with van der Waals surface area (Å²) in [6.07, 6.45) is 6.47. The molecule has 2 atom stereocenters. The molecule has 1 aliphatic carbocycles. The van der Waals surface area contributed by atoms with Crippen LogP contribution in [-0.4, -0.2) is 18.3 Å². The summed E-state index contributed by atoms with van der Waals surface area (Å²) in [4.78, 5) is 0. The lowest BCUT2D eigenvalue weighted by molar-refractivity contribution is 0.0655. The lowest BCUT2D eigenvalue weighted by Gasteiger charge is -2.27. The van der Waals surface area contributed by atoms with Crippen LogP contribution in [0.5, 0.6) is 5.75 Å². The molecule has 2 rings (SSSR count). The van der Waals surface area contributed by atoms with E-state index in [0.717, 1.165) is 31.4 Å². The minimum atomic E-state index is -0.104. The second kappa shape index (κ2) is 6.44. The first kappa shape index (κ1) is 13.7. The molecule has 0 aromatic heterocycles. The Hall–Kier alpha value is -0.730. The zero-order valence-electron chi connectivity index (χ0n) is 10.9. The number of aliphatic hydroxyl groups excluding tert-OH is 1. The zero-order chi connectivity index (χ0) is 13.0. The molecular weight excluding hydrogens is 248 g/mol. The van der Waals surface area contributed by atoms with E-state index in [1.54, 1.807) is 7.11 Å². The van der Waals surface area contributed by atoms with Crippen molar-refractivity contribution >= 4 is 11.6 Å². The van der Waals surface area contributed by atoms with E-state index in [9.17, 15) is 5.11 Å². The molecule has 1 N–H and O–H groups in total. The van der Waals surface area contributed by atoms with Gasteiger partial charge in [-0.3, -0.25) is 0 Å². The Morgan fingerprint density at radius 2 is 2.11 bits per heavy atom. The standard InChI is InChI=1S/C15H21ClO2/c1-18-15-9-7-11(10-13(15)16)6-8-12-4-2-3-5-14(12)17/h7,9-10,12,14,17H,2-6,8H2,1H3. The zero-order valence-corrected chi connectivity index (χ0v) is 11.6. The van der Waals surface area contributed by atoms with Crippen LogP contribution >= 0.6 is 11.6 Å². The largest absolute Gasteiger partial charge is 0.495 e. The predicted octanol–water partition coefficient (Wildman–Crippen LogP) is 3.83. The third-order valence-corrected chi connectivity index (χ3v) is 4.18. The van der Waals surface area contributed by atoms with Crippen molar-refractivity contribution in [3.05, 3.63) is 28.8 Å². The summed E-state index contributed by atoms with van der Waals surface area (Å²) in [5.74, 6) is 1.18. The molecule has 1 aromatic carbocycles. The minimum Gasteiger partial charge on any atom is -0.495 e. The maximum atomic E-state index is 9.94. The van der Waals surface area contributed by atoms with Gasteiger partial charge in [-0.2, -0.15) is 0 Å². The van der Waals surface area contributed by atoms with Crippen molar-refractivity contribution in [1.29, 1.82) is 0 Å². The molecule has 0 aliphatic heterocycles. The Labute approximate surface area is 114 Å². The summed E-state index contributed by atoms with van der Waals surface area (Å²) >= 11 is 6.11. The highest BCUT2D eigenvalue weighted by molar-refractivity contribution is 6.32. The number of hydrogen-bond donors (Lipinski definition) is 1. The van der Waals surface area contributed by atoms with Gasteiger partial charge in [-0.15, -0.1) is 0 Å². The molecule has 1 aliphatic rings. The number of ether oxygens (including phenoxy) is 1. The molecule has 1 fully saturated rings. The minimum absolute atomic E-state index is 0.104. The van der Waals surface area contributed by atoms with Crippen LogP contribution in [0.15, 0.2) is 18.2 Å². The Bertz CT molecular complexity index is 392. The topological polar surface area (TPSA) is 29.5 Å². The van der Waals surface area contributed by atoms with Crippen LogP contribution in [0.3, 0.4) is 0 Å². The molecule has 1 aromatic rings. The van der Waals surface area contributed by atoms with Crippen LogP contribution in [0.2, 0.25) is 5.02 Å². The van der Waals surface area contributed by atoms with Gasteiger partial charge in [0.1, 0.15) is 5.75 Å². The highest BCUT2D eigenvalue weighted by atomic mass is 35.5. The monoisotopic (exact) mass is 268 g/mol. The fourth-order valence-corrected chi connectivity index (χ4v) is 3.02. The van der Waals surface area contributed by atoms with Gasteiger partial charge in [0.25, 0.3) is 0 Å². The maximum Gasteiger partial charge on any atom is 0.137 e. The van der Waals surface area contributed by atoms with Gasteiger partial charge in [-0.25, -0.2) is 0 Å². The van der Waals surface area contributed by atoms with Crippen LogP contribution in [0.4, 0.5) is 0 Å². The third-order valence-electron chi connectivity index (χ3n) is 3.89. The number of aliphatic hydroxyl groups is 1. The summed E-state index contributed by atoms with van der Waals surface area (Å²) in [6, 6.07) is 5.94. The number of benzene rings is 1. The average Bonchev–Trinajstić information content (AvgIpc) is 2.38. The molecule has 0 amide bonds. The van der Waals surface area contributed by atoms with E-state index in [2.05, 4.69) is 6.07 Å². The molecule has 0 saturated heterocycles. The SMILES string of the molecule is COc1ccc(CCC2CCCCC2O)cc1Cl. The van der Waals surface area contributed by atoms with Crippen LogP contribution < -0.4 is 4.74 Å².